The minimum Gasteiger partial charge on any atom is -0.438 e. The van der Waals surface area contributed by atoms with E-state index in [1.807, 2.05) is 49.7 Å². The molecule has 0 aliphatic carbocycles. The van der Waals surface area contributed by atoms with Gasteiger partial charge in [0.05, 0.1) is 10.2 Å². The van der Waals surface area contributed by atoms with E-state index >= 15 is 0 Å². The van der Waals surface area contributed by atoms with Gasteiger partial charge in [-0.15, -0.1) is 0 Å². The van der Waals surface area contributed by atoms with Gasteiger partial charge in [0.15, 0.2) is 0 Å². The van der Waals surface area contributed by atoms with Gasteiger partial charge in [-0.1, -0.05) is 6.07 Å². The molecule has 1 aliphatic rings. The number of hydrogen-bond acceptors (Lipinski definition) is 3. The van der Waals surface area contributed by atoms with Crippen LogP contribution in [-0.2, 0) is 17.4 Å². The zero-order valence-electron chi connectivity index (χ0n) is 12.4. The molecule has 0 saturated carbocycles. The van der Waals surface area contributed by atoms with Crippen molar-refractivity contribution < 1.29 is 9.53 Å². The van der Waals surface area contributed by atoms with Crippen LogP contribution in [0.5, 0.6) is 0 Å². The second-order valence-corrected chi connectivity index (χ2v) is 6.54. The summed E-state index contributed by atoms with van der Waals surface area (Å²) < 4.78 is 7.95. The smallest absolute Gasteiger partial charge is 0.412 e. The van der Waals surface area contributed by atoms with E-state index in [9.17, 15) is 10.1 Å². The summed E-state index contributed by atoms with van der Waals surface area (Å²) in [4.78, 5) is 11.6. The fraction of sp³-hybridized carbons (Fsp3) is 0.250. The highest BCUT2D eigenvalue weighted by Gasteiger charge is 2.33. The first-order valence-corrected chi connectivity index (χ1v) is 7.53. The van der Waals surface area contributed by atoms with Crippen LogP contribution in [0.3, 0.4) is 0 Å². The molecular formula is C16H14BrN3O2. The second kappa shape index (κ2) is 4.89. The Kier molecular flexibility index (Phi) is 3.26. The van der Waals surface area contributed by atoms with E-state index in [4.69, 9.17) is 4.74 Å². The van der Waals surface area contributed by atoms with Crippen LogP contribution in [0.1, 0.15) is 25.1 Å². The number of aromatic nitrogens is 1. The third-order valence-electron chi connectivity index (χ3n) is 3.84. The summed E-state index contributed by atoms with van der Waals surface area (Å²) >= 11 is 3.41. The highest BCUT2D eigenvalue weighted by atomic mass is 79.9. The van der Waals surface area contributed by atoms with E-state index in [0.29, 0.717) is 5.69 Å². The number of ether oxygens (including phenoxy) is 1. The maximum atomic E-state index is 11.6. The summed E-state index contributed by atoms with van der Waals surface area (Å²) in [6.07, 6.45) is -0.446. The van der Waals surface area contributed by atoms with Crippen molar-refractivity contribution in [1.29, 1.82) is 5.26 Å². The van der Waals surface area contributed by atoms with Crippen molar-refractivity contribution in [1.82, 2.24) is 4.57 Å². The molecule has 3 rings (SSSR count). The normalized spacial score (nSPS) is 15.5. The van der Waals surface area contributed by atoms with Crippen LogP contribution in [0.2, 0.25) is 0 Å². The Bertz CT molecular complexity index is 831. The Labute approximate surface area is 136 Å². The average Bonchev–Trinajstić information content (AvgIpc) is 2.72. The molecule has 1 N–H and O–H groups in total. The number of halogens is 1. The fourth-order valence-electron chi connectivity index (χ4n) is 2.70. The van der Waals surface area contributed by atoms with Gasteiger partial charge < -0.3 is 9.30 Å². The highest BCUT2D eigenvalue weighted by Crippen LogP contribution is 2.38. The molecule has 5 nitrogen and oxygen atoms in total. The lowest BCUT2D eigenvalue weighted by Crippen LogP contribution is -2.34. The average molecular weight is 360 g/mol. The molecule has 0 atom stereocenters. The molecular weight excluding hydrogens is 346 g/mol. The summed E-state index contributed by atoms with van der Waals surface area (Å²) in [7, 11) is 1.85. The third kappa shape index (κ3) is 2.18. The van der Waals surface area contributed by atoms with Crippen LogP contribution in [0.25, 0.3) is 11.3 Å². The number of benzene rings is 1. The van der Waals surface area contributed by atoms with Crippen molar-refractivity contribution in [3.05, 3.63) is 40.0 Å². The van der Waals surface area contributed by atoms with Gasteiger partial charge in [0.1, 0.15) is 17.4 Å². The number of nitrogens with zero attached hydrogens (tertiary/aromatic N) is 2. The lowest BCUT2D eigenvalue weighted by molar-refractivity contribution is 0.0421. The topological polar surface area (TPSA) is 67.0 Å². The van der Waals surface area contributed by atoms with Crippen molar-refractivity contribution in [2.24, 2.45) is 7.05 Å². The van der Waals surface area contributed by atoms with Crippen molar-refractivity contribution in [2.75, 3.05) is 5.32 Å². The van der Waals surface area contributed by atoms with E-state index < -0.39 is 11.7 Å². The van der Waals surface area contributed by atoms with Crippen molar-refractivity contribution in [3.8, 4) is 17.3 Å². The SMILES string of the molecule is Cn1c(-c2ccc3c(c2)C(C)(C)OC(=O)N3)cc(Br)c1C#N. The molecule has 0 spiro atoms. The van der Waals surface area contributed by atoms with E-state index in [-0.39, 0.29) is 0 Å². The molecule has 112 valence electrons. The lowest BCUT2D eigenvalue weighted by Gasteiger charge is -2.32. The molecule has 2 aromatic rings. The lowest BCUT2D eigenvalue weighted by atomic mass is 9.92. The van der Waals surface area contributed by atoms with E-state index in [0.717, 1.165) is 27.0 Å². The number of fused-ring (bicyclic) bond motifs is 1. The van der Waals surface area contributed by atoms with Gasteiger partial charge >= 0.3 is 6.09 Å². The molecule has 0 fully saturated rings. The largest absolute Gasteiger partial charge is 0.438 e. The number of cyclic esters (lactones) is 1. The molecule has 0 unspecified atom stereocenters. The molecule has 0 saturated heterocycles. The van der Waals surface area contributed by atoms with Crippen LogP contribution >= 0.6 is 15.9 Å². The molecule has 1 aromatic carbocycles. The number of hydrogen-bond donors (Lipinski definition) is 1. The van der Waals surface area contributed by atoms with Gasteiger partial charge in [0.25, 0.3) is 0 Å². The number of anilines is 1. The van der Waals surface area contributed by atoms with Gasteiger partial charge in [0, 0.05) is 18.3 Å². The molecule has 0 bridgehead atoms. The third-order valence-corrected chi connectivity index (χ3v) is 4.45. The maximum absolute atomic E-state index is 11.6. The monoisotopic (exact) mass is 359 g/mol. The van der Waals surface area contributed by atoms with Crippen molar-refractivity contribution in [3.63, 3.8) is 0 Å². The number of nitrogens with one attached hydrogen (secondary N) is 1. The van der Waals surface area contributed by atoms with Gasteiger partial charge in [-0.3, -0.25) is 5.32 Å². The molecule has 6 heteroatoms. The zero-order valence-corrected chi connectivity index (χ0v) is 14.0. The summed E-state index contributed by atoms with van der Waals surface area (Å²) in [6.45, 7) is 3.71. The van der Waals surface area contributed by atoms with Gasteiger partial charge in [-0.25, -0.2) is 4.79 Å². The summed E-state index contributed by atoms with van der Waals surface area (Å²) in [5.74, 6) is 0. The van der Waals surface area contributed by atoms with Gasteiger partial charge in [-0.2, -0.15) is 5.26 Å². The summed E-state index contributed by atoms with van der Waals surface area (Å²) in [6, 6.07) is 9.85. The Balaban J connectivity index is 2.16. The van der Waals surface area contributed by atoms with Crippen LogP contribution in [0.4, 0.5) is 10.5 Å². The molecule has 1 aliphatic heterocycles. The van der Waals surface area contributed by atoms with Crippen molar-refractivity contribution >= 4 is 27.7 Å². The Morgan fingerprint density at radius 2 is 2.09 bits per heavy atom. The van der Waals surface area contributed by atoms with Crippen LogP contribution < -0.4 is 5.32 Å². The molecule has 0 radical (unpaired) electrons. The Hall–Kier alpha value is -2.26. The molecule has 1 aromatic heterocycles. The summed E-state index contributed by atoms with van der Waals surface area (Å²) in [5, 5.41) is 11.9. The van der Waals surface area contributed by atoms with E-state index in [2.05, 4.69) is 27.3 Å². The highest BCUT2D eigenvalue weighted by molar-refractivity contribution is 9.10. The van der Waals surface area contributed by atoms with Gasteiger partial charge in [-0.05, 0) is 53.5 Å². The van der Waals surface area contributed by atoms with Gasteiger partial charge in [0.2, 0.25) is 0 Å². The number of nitriles is 1. The first-order chi connectivity index (χ1) is 10.3. The number of carbonyl (C=O) groups is 1. The quantitative estimate of drug-likeness (QED) is 0.832. The minimum absolute atomic E-state index is 0.446. The fourth-order valence-corrected chi connectivity index (χ4v) is 3.28. The number of amides is 1. The maximum Gasteiger partial charge on any atom is 0.412 e. The Morgan fingerprint density at radius 1 is 1.36 bits per heavy atom. The standard InChI is InChI=1S/C16H14BrN3O2/c1-16(2)10-6-9(4-5-12(10)19-15(21)22-16)13-7-11(17)14(8-18)20(13)3/h4-7H,1-3H3,(H,19,21). The zero-order chi connectivity index (χ0) is 16.1. The number of rotatable bonds is 1. The molecule has 22 heavy (non-hydrogen) atoms. The number of carbonyl (C=O) groups excluding carboxylic acids is 1. The predicted molar refractivity (Wildman–Crippen MR) is 86.4 cm³/mol. The van der Waals surface area contributed by atoms with Crippen LogP contribution in [-0.4, -0.2) is 10.7 Å². The van der Waals surface area contributed by atoms with E-state index in [1.165, 1.54) is 0 Å². The molecule has 2 heterocycles. The minimum atomic E-state index is -0.700. The Morgan fingerprint density at radius 3 is 2.73 bits per heavy atom. The predicted octanol–water partition coefficient (Wildman–Crippen LogP) is 4.12. The molecule has 1 amide bonds. The van der Waals surface area contributed by atoms with Crippen molar-refractivity contribution in [2.45, 2.75) is 19.4 Å². The second-order valence-electron chi connectivity index (χ2n) is 5.68. The van der Waals surface area contributed by atoms with Crippen LogP contribution in [0, 0.1) is 11.3 Å². The first kappa shape index (κ1) is 14.7. The van der Waals surface area contributed by atoms with E-state index in [1.54, 1.807) is 0 Å². The van der Waals surface area contributed by atoms with Crippen LogP contribution in [0.15, 0.2) is 28.7 Å². The summed E-state index contributed by atoms with van der Waals surface area (Å²) in [5.41, 5.74) is 3.39. The first-order valence-electron chi connectivity index (χ1n) is 6.73.